The summed E-state index contributed by atoms with van der Waals surface area (Å²) >= 11 is 0. The van der Waals surface area contributed by atoms with E-state index in [4.69, 9.17) is 9.47 Å². The summed E-state index contributed by atoms with van der Waals surface area (Å²) in [6.07, 6.45) is 0.150. The van der Waals surface area contributed by atoms with Gasteiger partial charge in [0.25, 0.3) is 0 Å². The average molecular weight is 320 g/mol. The van der Waals surface area contributed by atoms with E-state index in [0.717, 1.165) is 33.6 Å². The summed E-state index contributed by atoms with van der Waals surface area (Å²) in [5.41, 5.74) is 0.719. The molecule has 0 heterocycles. The van der Waals surface area contributed by atoms with Crippen molar-refractivity contribution in [2.75, 3.05) is 0 Å². The number of carbonyl (C=O) groups excluding carboxylic acids is 1. The van der Waals surface area contributed by atoms with E-state index in [9.17, 15) is 4.79 Å². The number of rotatable bonds is 5. The fourth-order valence-electron chi connectivity index (χ4n) is 2.50. The van der Waals surface area contributed by atoms with Crippen molar-refractivity contribution in [1.82, 2.24) is 0 Å². The lowest BCUT2D eigenvalue weighted by atomic mass is 10.0. The first-order chi connectivity index (χ1) is 11.5. The van der Waals surface area contributed by atoms with Crippen molar-refractivity contribution >= 4 is 16.6 Å². The molecule has 0 N–H and O–H groups in total. The number of Topliss-reactive ketones (excluding diaryl/α,β-unsaturated/α-hetero) is 1. The Balaban J connectivity index is 1.80. The number of ketones is 1. The quantitative estimate of drug-likeness (QED) is 0.572. The summed E-state index contributed by atoms with van der Waals surface area (Å²) in [6, 6.07) is 19.1. The first-order valence-corrected chi connectivity index (χ1v) is 8.00. The van der Waals surface area contributed by atoms with E-state index in [1.165, 1.54) is 0 Å². The van der Waals surface area contributed by atoms with E-state index in [0.29, 0.717) is 0 Å². The zero-order valence-corrected chi connectivity index (χ0v) is 14.1. The zero-order valence-electron chi connectivity index (χ0n) is 14.1. The van der Waals surface area contributed by atoms with E-state index >= 15 is 0 Å². The largest absolute Gasteiger partial charge is 0.491 e. The zero-order chi connectivity index (χ0) is 17.1. The summed E-state index contributed by atoms with van der Waals surface area (Å²) in [4.78, 5) is 11.5. The Bertz CT molecular complexity index is 864. The van der Waals surface area contributed by atoms with Crippen molar-refractivity contribution in [3.63, 3.8) is 0 Å². The average Bonchev–Trinajstić information content (AvgIpc) is 2.55. The number of carbonyl (C=O) groups is 1. The van der Waals surface area contributed by atoms with Gasteiger partial charge in [0.15, 0.2) is 5.78 Å². The van der Waals surface area contributed by atoms with Gasteiger partial charge in [0.2, 0.25) is 0 Å². The summed E-state index contributed by atoms with van der Waals surface area (Å²) in [6.45, 7) is 5.57. The van der Waals surface area contributed by atoms with Gasteiger partial charge in [0.05, 0.1) is 6.10 Å². The van der Waals surface area contributed by atoms with Crippen molar-refractivity contribution < 1.29 is 14.3 Å². The monoisotopic (exact) mass is 320 g/mol. The molecule has 0 unspecified atom stereocenters. The molecular formula is C21H20O3. The summed E-state index contributed by atoms with van der Waals surface area (Å²) in [7, 11) is 0. The summed E-state index contributed by atoms with van der Waals surface area (Å²) in [5.74, 6) is 2.41. The van der Waals surface area contributed by atoms with E-state index in [1.54, 1.807) is 6.92 Å². The maximum absolute atomic E-state index is 11.5. The molecular weight excluding hydrogens is 300 g/mol. The van der Waals surface area contributed by atoms with Crippen LogP contribution in [0.2, 0.25) is 0 Å². The maximum Gasteiger partial charge on any atom is 0.159 e. The van der Waals surface area contributed by atoms with Gasteiger partial charge in [-0.1, -0.05) is 18.2 Å². The Morgan fingerprint density at radius 2 is 1.38 bits per heavy atom. The standard InChI is InChI=1S/C21H20O3/c1-14(2)23-19-8-10-20(11-9-19)24-21-7-6-17-12-16(15(3)22)4-5-18(17)13-21/h4-14H,1-3H3. The number of fused-ring (bicyclic) bond motifs is 1. The van der Waals surface area contributed by atoms with Crippen LogP contribution in [0.4, 0.5) is 0 Å². The predicted octanol–water partition coefficient (Wildman–Crippen LogP) is 5.62. The minimum Gasteiger partial charge on any atom is -0.491 e. The highest BCUT2D eigenvalue weighted by Crippen LogP contribution is 2.27. The van der Waals surface area contributed by atoms with E-state index < -0.39 is 0 Å². The van der Waals surface area contributed by atoms with Gasteiger partial charge in [0, 0.05) is 5.56 Å². The van der Waals surface area contributed by atoms with Crippen LogP contribution in [0.25, 0.3) is 10.8 Å². The summed E-state index contributed by atoms with van der Waals surface area (Å²) in [5, 5.41) is 2.06. The molecule has 0 aliphatic rings. The maximum atomic E-state index is 11.5. The van der Waals surface area contributed by atoms with Crippen molar-refractivity contribution in [1.29, 1.82) is 0 Å². The van der Waals surface area contributed by atoms with Crippen molar-refractivity contribution in [2.24, 2.45) is 0 Å². The molecule has 0 bridgehead atoms. The third-order valence-corrected chi connectivity index (χ3v) is 3.65. The molecule has 122 valence electrons. The molecule has 3 aromatic rings. The Hall–Kier alpha value is -2.81. The van der Waals surface area contributed by atoms with Gasteiger partial charge >= 0.3 is 0 Å². The third-order valence-electron chi connectivity index (χ3n) is 3.65. The Morgan fingerprint density at radius 3 is 2.04 bits per heavy atom. The van der Waals surface area contributed by atoms with Gasteiger partial charge in [-0.3, -0.25) is 4.79 Å². The van der Waals surface area contributed by atoms with Gasteiger partial charge < -0.3 is 9.47 Å². The van der Waals surface area contributed by atoms with Gasteiger partial charge in [0.1, 0.15) is 17.2 Å². The first-order valence-electron chi connectivity index (χ1n) is 8.00. The SMILES string of the molecule is CC(=O)c1ccc2cc(Oc3ccc(OC(C)C)cc3)ccc2c1. The highest BCUT2D eigenvalue weighted by Gasteiger charge is 2.04. The molecule has 0 aromatic heterocycles. The molecule has 0 aliphatic carbocycles. The molecule has 0 amide bonds. The van der Waals surface area contributed by atoms with E-state index in [-0.39, 0.29) is 11.9 Å². The van der Waals surface area contributed by atoms with Crippen LogP contribution in [0.5, 0.6) is 17.2 Å². The van der Waals surface area contributed by atoms with Crippen molar-refractivity contribution in [3.05, 3.63) is 66.2 Å². The Morgan fingerprint density at radius 1 is 0.792 bits per heavy atom. The molecule has 0 radical (unpaired) electrons. The lowest BCUT2D eigenvalue weighted by Crippen LogP contribution is -2.05. The van der Waals surface area contributed by atoms with Gasteiger partial charge in [-0.05, 0) is 74.0 Å². The first kappa shape index (κ1) is 16.1. The van der Waals surface area contributed by atoms with Crippen molar-refractivity contribution in [3.8, 4) is 17.2 Å². The highest BCUT2D eigenvalue weighted by atomic mass is 16.5. The van der Waals surface area contributed by atoms with Gasteiger partial charge in [-0.25, -0.2) is 0 Å². The number of hydrogen-bond acceptors (Lipinski definition) is 3. The minimum absolute atomic E-state index is 0.0703. The van der Waals surface area contributed by atoms with Crippen LogP contribution in [0.3, 0.4) is 0 Å². The second-order valence-electron chi connectivity index (χ2n) is 6.02. The van der Waals surface area contributed by atoms with Crippen LogP contribution < -0.4 is 9.47 Å². The molecule has 3 rings (SSSR count). The second kappa shape index (κ2) is 6.75. The highest BCUT2D eigenvalue weighted by molar-refractivity contribution is 5.98. The minimum atomic E-state index is 0.0703. The van der Waals surface area contributed by atoms with E-state index in [2.05, 4.69) is 0 Å². The fourth-order valence-corrected chi connectivity index (χ4v) is 2.50. The van der Waals surface area contributed by atoms with Crippen LogP contribution in [0.1, 0.15) is 31.1 Å². The van der Waals surface area contributed by atoms with E-state index in [1.807, 2.05) is 74.5 Å². The topological polar surface area (TPSA) is 35.5 Å². The second-order valence-corrected chi connectivity index (χ2v) is 6.02. The Labute approximate surface area is 141 Å². The molecule has 0 spiro atoms. The normalized spacial score (nSPS) is 10.8. The van der Waals surface area contributed by atoms with Crippen LogP contribution in [-0.2, 0) is 0 Å². The lowest BCUT2D eigenvalue weighted by Gasteiger charge is -2.11. The Kier molecular flexibility index (Phi) is 4.52. The van der Waals surface area contributed by atoms with Crippen LogP contribution in [0, 0.1) is 0 Å². The van der Waals surface area contributed by atoms with Gasteiger partial charge in [-0.15, -0.1) is 0 Å². The fraction of sp³-hybridized carbons (Fsp3) is 0.190. The molecule has 3 nitrogen and oxygen atoms in total. The third kappa shape index (κ3) is 3.74. The molecule has 0 fully saturated rings. The van der Waals surface area contributed by atoms with Crippen LogP contribution in [-0.4, -0.2) is 11.9 Å². The number of ether oxygens (including phenoxy) is 2. The molecule has 0 aliphatic heterocycles. The molecule has 0 atom stereocenters. The van der Waals surface area contributed by atoms with Gasteiger partial charge in [-0.2, -0.15) is 0 Å². The molecule has 0 saturated carbocycles. The lowest BCUT2D eigenvalue weighted by molar-refractivity contribution is 0.101. The van der Waals surface area contributed by atoms with Crippen LogP contribution >= 0.6 is 0 Å². The van der Waals surface area contributed by atoms with Crippen LogP contribution in [0.15, 0.2) is 60.7 Å². The smallest absolute Gasteiger partial charge is 0.159 e. The summed E-state index contributed by atoms with van der Waals surface area (Å²) < 4.78 is 11.5. The number of hydrogen-bond donors (Lipinski definition) is 0. The molecule has 3 aromatic carbocycles. The predicted molar refractivity (Wildman–Crippen MR) is 96.2 cm³/mol. The molecule has 3 heteroatoms. The molecule has 0 saturated heterocycles. The number of benzene rings is 3. The van der Waals surface area contributed by atoms with Crippen molar-refractivity contribution in [2.45, 2.75) is 26.9 Å². The molecule has 24 heavy (non-hydrogen) atoms.